The highest BCUT2D eigenvalue weighted by Crippen LogP contribution is 2.25. The molecule has 1 fully saturated rings. The van der Waals surface area contributed by atoms with E-state index in [1.807, 2.05) is 18.7 Å². The first-order valence-electron chi connectivity index (χ1n) is 6.04. The van der Waals surface area contributed by atoms with E-state index in [-0.39, 0.29) is 0 Å². The number of thiocarbonyl (C=S) groups is 1. The van der Waals surface area contributed by atoms with Crippen LogP contribution in [-0.2, 0) is 4.74 Å². The van der Waals surface area contributed by atoms with Gasteiger partial charge in [0.05, 0.1) is 0 Å². The summed E-state index contributed by atoms with van der Waals surface area (Å²) in [6, 6.07) is 0. The van der Waals surface area contributed by atoms with Crippen LogP contribution in [0.1, 0.15) is 26.2 Å². The molecule has 0 spiro atoms. The molecule has 2 N–H and O–H groups in total. The van der Waals surface area contributed by atoms with Crippen molar-refractivity contribution in [3.63, 3.8) is 0 Å². The van der Waals surface area contributed by atoms with E-state index >= 15 is 0 Å². The van der Waals surface area contributed by atoms with Crippen molar-refractivity contribution < 1.29 is 4.74 Å². The molecule has 0 radical (unpaired) electrons. The van der Waals surface area contributed by atoms with Crippen molar-refractivity contribution >= 4 is 29.1 Å². The van der Waals surface area contributed by atoms with Crippen LogP contribution >= 0.6 is 24.0 Å². The van der Waals surface area contributed by atoms with Crippen LogP contribution in [0, 0.1) is 0 Å². The molecule has 0 bridgehead atoms. The van der Waals surface area contributed by atoms with E-state index in [4.69, 9.17) is 17.0 Å². The molecule has 1 heterocycles. The predicted molar refractivity (Wildman–Crippen MR) is 75.2 cm³/mol. The lowest BCUT2D eigenvalue weighted by Gasteiger charge is -2.13. The van der Waals surface area contributed by atoms with Crippen molar-refractivity contribution in [3.05, 3.63) is 0 Å². The maximum atomic E-state index is 5.25. The molecule has 0 aromatic carbocycles. The van der Waals surface area contributed by atoms with Crippen LogP contribution in [0.25, 0.3) is 0 Å². The summed E-state index contributed by atoms with van der Waals surface area (Å²) in [5.41, 5.74) is 0. The van der Waals surface area contributed by atoms with Crippen LogP contribution < -0.4 is 10.6 Å². The molecular formula is C11H22N2OS2. The zero-order valence-electron chi connectivity index (χ0n) is 9.96. The highest BCUT2D eigenvalue weighted by Gasteiger charge is 2.14. The number of ether oxygens (including phenoxy) is 1. The zero-order chi connectivity index (χ0) is 11.6. The zero-order valence-corrected chi connectivity index (χ0v) is 11.6. The summed E-state index contributed by atoms with van der Waals surface area (Å²) in [7, 11) is 0. The smallest absolute Gasteiger partial charge is 0.166 e. The van der Waals surface area contributed by atoms with Crippen molar-refractivity contribution in [3.8, 4) is 0 Å². The Bertz CT molecular complexity index is 196. The molecule has 0 amide bonds. The minimum absolute atomic E-state index is 0.753. The molecular weight excluding hydrogens is 240 g/mol. The van der Waals surface area contributed by atoms with Gasteiger partial charge in [-0.25, -0.2) is 0 Å². The lowest BCUT2D eigenvalue weighted by molar-refractivity contribution is 0.145. The minimum atomic E-state index is 0.753. The van der Waals surface area contributed by atoms with Crippen LogP contribution in [0.2, 0.25) is 0 Å². The Morgan fingerprint density at radius 3 is 3.06 bits per heavy atom. The van der Waals surface area contributed by atoms with Crippen LogP contribution in [0.4, 0.5) is 0 Å². The van der Waals surface area contributed by atoms with Crippen molar-refractivity contribution in [2.24, 2.45) is 0 Å². The SMILES string of the molecule is CCOCCCNC(=S)NCC1CCCS1. The molecule has 0 aliphatic carbocycles. The molecule has 1 atom stereocenters. The third-order valence-corrected chi connectivity index (χ3v) is 4.16. The fourth-order valence-electron chi connectivity index (χ4n) is 1.59. The Morgan fingerprint density at radius 2 is 2.38 bits per heavy atom. The highest BCUT2D eigenvalue weighted by atomic mass is 32.2. The van der Waals surface area contributed by atoms with Gasteiger partial charge in [-0.2, -0.15) is 11.8 Å². The van der Waals surface area contributed by atoms with Gasteiger partial charge < -0.3 is 15.4 Å². The Balaban J connectivity index is 1.90. The Labute approximate surface area is 108 Å². The average Bonchev–Trinajstić information content (AvgIpc) is 2.79. The van der Waals surface area contributed by atoms with E-state index in [1.54, 1.807) is 0 Å². The van der Waals surface area contributed by atoms with Gasteiger partial charge in [0.15, 0.2) is 5.11 Å². The molecule has 5 heteroatoms. The van der Waals surface area contributed by atoms with Gasteiger partial charge in [0.25, 0.3) is 0 Å². The first kappa shape index (κ1) is 14.1. The van der Waals surface area contributed by atoms with E-state index in [0.717, 1.165) is 43.1 Å². The van der Waals surface area contributed by atoms with Crippen LogP contribution in [0.15, 0.2) is 0 Å². The largest absolute Gasteiger partial charge is 0.382 e. The molecule has 1 aliphatic rings. The molecule has 0 aromatic heterocycles. The topological polar surface area (TPSA) is 33.3 Å². The fourth-order valence-corrected chi connectivity index (χ4v) is 2.98. The molecule has 0 aromatic rings. The molecule has 16 heavy (non-hydrogen) atoms. The summed E-state index contributed by atoms with van der Waals surface area (Å²) in [4.78, 5) is 0. The second-order valence-corrected chi connectivity index (χ2v) is 5.64. The van der Waals surface area contributed by atoms with E-state index in [2.05, 4.69) is 10.6 Å². The molecule has 1 saturated heterocycles. The minimum Gasteiger partial charge on any atom is -0.382 e. The predicted octanol–water partition coefficient (Wildman–Crippen LogP) is 1.77. The summed E-state index contributed by atoms with van der Waals surface area (Å²) in [6.07, 6.45) is 3.68. The summed E-state index contributed by atoms with van der Waals surface area (Å²) in [6.45, 7) is 5.51. The number of nitrogens with one attached hydrogen (secondary N) is 2. The van der Waals surface area contributed by atoms with Crippen molar-refractivity contribution in [1.82, 2.24) is 10.6 Å². The Kier molecular flexibility index (Phi) is 7.98. The van der Waals surface area contributed by atoms with Crippen LogP contribution in [-0.4, -0.2) is 42.4 Å². The molecule has 94 valence electrons. The summed E-state index contributed by atoms with van der Waals surface area (Å²) in [5.74, 6) is 1.31. The average molecular weight is 262 g/mol. The Hall–Kier alpha value is 0. The lowest BCUT2D eigenvalue weighted by atomic mass is 10.2. The number of hydrogen-bond acceptors (Lipinski definition) is 3. The standard InChI is InChI=1S/C11H22N2OS2/c1-2-14-7-4-6-12-11(15)13-9-10-5-3-8-16-10/h10H,2-9H2,1H3,(H2,12,13,15). The quantitative estimate of drug-likeness (QED) is 0.540. The summed E-state index contributed by atoms with van der Waals surface area (Å²) < 4.78 is 5.25. The van der Waals surface area contributed by atoms with Gasteiger partial charge in [-0.3, -0.25) is 0 Å². The van der Waals surface area contributed by atoms with Crippen LogP contribution in [0.3, 0.4) is 0 Å². The van der Waals surface area contributed by atoms with Gasteiger partial charge in [-0.1, -0.05) is 0 Å². The first-order valence-corrected chi connectivity index (χ1v) is 7.49. The van der Waals surface area contributed by atoms with E-state index in [1.165, 1.54) is 18.6 Å². The second kappa shape index (κ2) is 9.07. The first-order chi connectivity index (χ1) is 7.83. The molecule has 1 aliphatic heterocycles. The van der Waals surface area contributed by atoms with Gasteiger partial charge in [0.2, 0.25) is 0 Å². The van der Waals surface area contributed by atoms with Gasteiger partial charge >= 0.3 is 0 Å². The lowest BCUT2D eigenvalue weighted by Crippen LogP contribution is -2.39. The summed E-state index contributed by atoms with van der Waals surface area (Å²) in [5, 5.41) is 8.01. The molecule has 1 rings (SSSR count). The van der Waals surface area contributed by atoms with Crippen LogP contribution in [0.5, 0.6) is 0 Å². The number of rotatable bonds is 7. The number of thioether (sulfide) groups is 1. The van der Waals surface area contributed by atoms with Gasteiger partial charge in [0.1, 0.15) is 0 Å². The van der Waals surface area contributed by atoms with E-state index in [9.17, 15) is 0 Å². The molecule has 3 nitrogen and oxygen atoms in total. The molecule has 0 saturated carbocycles. The van der Waals surface area contributed by atoms with Crippen molar-refractivity contribution in [1.29, 1.82) is 0 Å². The monoisotopic (exact) mass is 262 g/mol. The normalized spacial score (nSPS) is 19.7. The maximum absolute atomic E-state index is 5.25. The third kappa shape index (κ3) is 6.55. The van der Waals surface area contributed by atoms with Gasteiger partial charge in [0, 0.05) is 31.6 Å². The maximum Gasteiger partial charge on any atom is 0.166 e. The third-order valence-electron chi connectivity index (χ3n) is 2.47. The number of hydrogen-bond donors (Lipinski definition) is 2. The van der Waals surface area contributed by atoms with Crippen molar-refractivity contribution in [2.75, 3.05) is 32.1 Å². The second-order valence-electron chi connectivity index (χ2n) is 3.82. The molecule has 1 unspecified atom stereocenters. The fraction of sp³-hybridized carbons (Fsp3) is 0.909. The van der Waals surface area contributed by atoms with E-state index < -0.39 is 0 Å². The van der Waals surface area contributed by atoms with Gasteiger partial charge in [-0.05, 0) is 44.2 Å². The summed E-state index contributed by atoms with van der Waals surface area (Å²) >= 11 is 7.24. The van der Waals surface area contributed by atoms with Crippen molar-refractivity contribution in [2.45, 2.75) is 31.4 Å². The van der Waals surface area contributed by atoms with Gasteiger partial charge in [-0.15, -0.1) is 0 Å². The highest BCUT2D eigenvalue weighted by molar-refractivity contribution is 8.00. The Morgan fingerprint density at radius 1 is 1.50 bits per heavy atom. The van der Waals surface area contributed by atoms with E-state index in [0.29, 0.717) is 0 Å².